The number of aromatic nitrogens is 1. The van der Waals surface area contributed by atoms with E-state index in [2.05, 4.69) is 0 Å². The predicted molar refractivity (Wildman–Crippen MR) is 59.3 cm³/mol. The van der Waals surface area contributed by atoms with Gasteiger partial charge in [0.2, 0.25) is 5.91 Å². The Balaban J connectivity index is 2.66. The van der Waals surface area contributed by atoms with Crippen LogP contribution in [0.4, 0.5) is 0 Å². The fourth-order valence-corrected chi connectivity index (χ4v) is 1.22. The summed E-state index contributed by atoms with van der Waals surface area (Å²) in [5, 5.41) is 8.72. The lowest BCUT2D eigenvalue weighted by atomic mass is 10.3. The molecule has 1 aromatic rings. The summed E-state index contributed by atoms with van der Waals surface area (Å²) in [5.41, 5.74) is 0.194. The van der Waals surface area contributed by atoms with Crippen molar-refractivity contribution in [3.63, 3.8) is 0 Å². The van der Waals surface area contributed by atoms with Crippen molar-refractivity contribution in [3.05, 3.63) is 24.0 Å². The fourth-order valence-electron chi connectivity index (χ4n) is 1.22. The highest BCUT2D eigenvalue weighted by Gasteiger charge is 2.13. The first-order valence-corrected chi connectivity index (χ1v) is 5.06. The van der Waals surface area contributed by atoms with E-state index < -0.39 is 5.97 Å². The molecule has 5 heteroatoms. The summed E-state index contributed by atoms with van der Waals surface area (Å²) >= 11 is 0. The summed E-state index contributed by atoms with van der Waals surface area (Å²) in [7, 11) is 1.73. The molecule has 88 valence electrons. The van der Waals surface area contributed by atoms with Crippen molar-refractivity contribution in [1.29, 1.82) is 0 Å². The van der Waals surface area contributed by atoms with Crippen LogP contribution in [0.15, 0.2) is 18.5 Å². The molecule has 0 saturated heterocycles. The van der Waals surface area contributed by atoms with Gasteiger partial charge in [-0.15, -0.1) is 0 Å². The molecule has 1 amide bonds. The number of hydrogen-bond acceptors (Lipinski definition) is 2. The molecule has 0 fully saturated rings. The van der Waals surface area contributed by atoms with Crippen molar-refractivity contribution >= 4 is 11.9 Å². The number of carboxylic acids is 1. The number of carboxylic acid groups (broad SMARTS) is 1. The van der Waals surface area contributed by atoms with Crippen LogP contribution in [0.1, 0.15) is 24.2 Å². The molecular formula is C11H16N2O3. The van der Waals surface area contributed by atoms with E-state index in [1.807, 2.05) is 13.8 Å². The Morgan fingerprint density at radius 3 is 2.56 bits per heavy atom. The van der Waals surface area contributed by atoms with E-state index in [-0.39, 0.29) is 24.1 Å². The first-order valence-electron chi connectivity index (χ1n) is 5.06. The van der Waals surface area contributed by atoms with Crippen LogP contribution in [0, 0.1) is 0 Å². The lowest BCUT2D eigenvalue weighted by molar-refractivity contribution is -0.131. The Hall–Kier alpha value is -1.78. The van der Waals surface area contributed by atoms with Gasteiger partial charge in [-0.25, -0.2) is 4.79 Å². The van der Waals surface area contributed by atoms with Gasteiger partial charge in [-0.3, -0.25) is 4.79 Å². The Labute approximate surface area is 94.3 Å². The third-order valence-corrected chi connectivity index (χ3v) is 2.48. The van der Waals surface area contributed by atoms with Gasteiger partial charge in [0.25, 0.3) is 0 Å². The van der Waals surface area contributed by atoms with Crippen molar-refractivity contribution in [3.8, 4) is 0 Å². The minimum Gasteiger partial charge on any atom is -0.478 e. The van der Waals surface area contributed by atoms with Crippen LogP contribution in [0.25, 0.3) is 0 Å². The van der Waals surface area contributed by atoms with Gasteiger partial charge in [0.1, 0.15) is 6.54 Å². The number of carbonyl (C=O) groups is 2. The summed E-state index contributed by atoms with van der Waals surface area (Å²) in [6, 6.07) is 1.62. The Morgan fingerprint density at radius 1 is 1.50 bits per heavy atom. The normalized spacial score (nSPS) is 10.5. The van der Waals surface area contributed by atoms with E-state index in [0.717, 1.165) is 0 Å². The number of aromatic carboxylic acids is 1. The van der Waals surface area contributed by atoms with Gasteiger partial charge in [-0.05, 0) is 19.9 Å². The SMILES string of the molecule is CC(C)N(C)C(=O)Cn1ccc(C(=O)O)c1. The van der Waals surface area contributed by atoms with E-state index in [1.54, 1.807) is 22.7 Å². The molecule has 1 rings (SSSR count). The molecule has 0 aliphatic rings. The van der Waals surface area contributed by atoms with Crippen LogP contribution in [0.2, 0.25) is 0 Å². The van der Waals surface area contributed by atoms with E-state index in [1.165, 1.54) is 12.3 Å². The van der Waals surface area contributed by atoms with Gasteiger partial charge < -0.3 is 14.6 Å². The molecule has 0 aliphatic carbocycles. The lowest BCUT2D eigenvalue weighted by Crippen LogP contribution is -2.35. The van der Waals surface area contributed by atoms with Crippen LogP contribution in [0.3, 0.4) is 0 Å². The molecule has 0 atom stereocenters. The molecule has 0 radical (unpaired) electrons. The van der Waals surface area contributed by atoms with Gasteiger partial charge in [-0.1, -0.05) is 0 Å². The van der Waals surface area contributed by atoms with Crippen molar-refractivity contribution < 1.29 is 14.7 Å². The second-order valence-corrected chi connectivity index (χ2v) is 3.98. The molecule has 0 saturated carbocycles. The van der Waals surface area contributed by atoms with E-state index in [4.69, 9.17) is 5.11 Å². The first kappa shape index (κ1) is 12.3. The lowest BCUT2D eigenvalue weighted by Gasteiger charge is -2.21. The standard InChI is InChI=1S/C11H16N2O3/c1-8(2)12(3)10(14)7-13-5-4-9(6-13)11(15)16/h4-6,8H,7H2,1-3H3,(H,15,16). The molecule has 1 N–H and O–H groups in total. The molecule has 5 nitrogen and oxygen atoms in total. The molecule has 0 aromatic carbocycles. The van der Waals surface area contributed by atoms with Gasteiger partial charge in [0.05, 0.1) is 5.56 Å². The zero-order valence-corrected chi connectivity index (χ0v) is 9.67. The molecule has 1 aromatic heterocycles. The Bertz CT molecular complexity index is 396. The number of nitrogens with zero attached hydrogens (tertiary/aromatic N) is 2. The highest BCUT2D eigenvalue weighted by molar-refractivity contribution is 5.87. The minimum absolute atomic E-state index is 0.0393. The Kier molecular flexibility index (Phi) is 3.71. The highest BCUT2D eigenvalue weighted by Crippen LogP contribution is 2.03. The van der Waals surface area contributed by atoms with Gasteiger partial charge >= 0.3 is 5.97 Å². The second-order valence-electron chi connectivity index (χ2n) is 3.98. The zero-order chi connectivity index (χ0) is 12.3. The van der Waals surface area contributed by atoms with E-state index in [0.29, 0.717) is 0 Å². The Morgan fingerprint density at radius 2 is 2.12 bits per heavy atom. The molecule has 0 aliphatic heterocycles. The van der Waals surface area contributed by atoms with Gasteiger partial charge in [-0.2, -0.15) is 0 Å². The number of hydrogen-bond donors (Lipinski definition) is 1. The minimum atomic E-state index is -0.983. The molecule has 16 heavy (non-hydrogen) atoms. The highest BCUT2D eigenvalue weighted by atomic mass is 16.4. The average molecular weight is 224 g/mol. The summed E-state index contributed by atoms with van der Waals surface area (Å²) in [4.78, 5) is 23.9. The van der Waals surface area contributed by atoms with Crippen molar-refractivity contribution in [1.82, 2.24) is 9.47 Å². The fraction of sp³-hybridized carbons (Fsp3) is 0.455. The smallest absolute Gasteiger partial charge is 0.337 e. The van der Waals surface area contributed by atoms with Crippen LogP contribution >= 0.6 is 0 Å². The number of carbonyl (C=O) groups excluding carboxylic acids is 1. The molecule has 0 unspecified atom stereocenters. The van der Waals surface area contributed by atoms with Crippen LogP contribution in [-0.2, 0) is 11.3 Å². The number of rotatable bonds is 4. The number of amides is 1. The van der Waals surface area contributed by atoms with Gasteiger partial charge in [0, 0.05) is 25.5 Å². The monoisotopic (exact) mass is 224 g/mol. The summed E-state index contributed by atoms with van der Waals surface area (Å²) in [6.07, 6.45) is 3.05. The molecule has 1 heterocycles. The molecular weight excluding hydrogens is 208 g/mol. The maximum absolute atomic E-state index is 11.7. The maximum atomic E-state index is 11.7. The third-order valence-electron chi connectivity index (χ3n) is 2.48. The third kappa shape index (κ3) is 2.85. The van der Waals surface area contributed by atoms with Crippen molar-refractivity contribution in [2.45, 2.75) is 26.4 Å². The number of likely N-dealkylation sites (N-methyl/N-ethyl adjacent to an activating group) is 1. The van der Waals surface area contributed by atoms with Crippen LogP contribution in [-0.4, -0.2) is 39.5 Å². The predicted octanol–water partition coefficient (Wildman–Crippen LogP) is 1.05. The first-order chi connectivity index (χ1) is 7.41. The quantitative estimate of drug-likeness (QED) is 0.831. The summed E-state index contributed by atoms with van der Waals surface area (Å²) in [6.45, 7) is 4.02. The maximum Gasteiger partial charge on any atom is 0.337 e. The molecule has 0 bridgehead atoms. The van der Waals surface area contributed by atoms with Crippen LogP contribution in [0.5, 0.6) is 0 Å². The van der Waals surface area contributed by atoms with E-state index in [9.17, 15) is 9.59 Å². The molecule has 0 spiro atoms. The second kappa shape index (κ2) is 4.83. The van der Waals surface area contributed by atoms with Crippen molar-refractivity contribution in [2.24, 2.45) is 0 Å². The van der Waals surface area contributed by atoms with Gasteiger partial charge in [0.15, 0.2) is 0 Å². The summed E-state index contributed by atoms with van der Waals surface area (Å²) < 4.78 is 1.57. The zero-order valence-electron chi connectivity index (χ0n) is 9.67. The summed E-state index contributed by atoms with van der Waals surface area (Å²) in [5.74, 6) is -1.02. The van der Waals surface area contributed by atoms with Crippen LogP contribution < -0.4 is 0 Å². The van der Waals surface area contributed by atoms with E-state index >= 15 is 0 Å². The largest absolute Gasteiger partial charge is 0.478 e. The average Bonchev–Trinajstić information content (AvgIpc) is 2.64. The van der Waals surface area contributed by atoms with Crippen molar-refractivity contribution in [2.75, 3.05) is 7.05 Å². The topological polar surface area (TPSA) is 62.5 Å².